The molecule has 3 rings (SSSR count). The van der Waals surface area contributed by atoms with Gasteiger partial charge < -0.3 is 35.3 Å². The van der Waals surface area contributed by atoms with E-state index in [1.165, 1.54) is 6.20 Å². The third-order valence-corrected chi connectivity index (χ3v) is 4.07. The molecule has 8 heteroatoms. The summed E-state index contributed by atoms with van der Waals surface area (Å²) in [5.41, 5.74) is -1.74. The zero-order valence-electron chi connectivity index (χ0n) is 11.3. The number of para-hydroxylation sites is 1. The van der Waals surface area contributed by atoms with Gasteiger partial charge in [0.2, 0.25) is 6.36 Å². The van der Waals surface area contributed by atoms with Crippen LogP contribution in [0.4, 0.5) is 4.39 Å². The van der Waals surface area contributed by atoms with Crippen LogP contribution in [0.3, 0.4) is 0 Å². The van der Waals surface area contributed by atoms with E-state index >= 15 is 0 Å². The normalized spacial score (nSPS) is 37.4. The molecular weight excluding hydrogens is 297 g/mol. The maximum Gasteiger partial charge on any atom is 0.225 e. The number of benzene rings is 1. The zero-order valence-corrected chi connectivity index (χ0v) is 11.3. The second-order valence-corrected chi connectivity index (χ2v) is 5.33. The number of halogens is 1. The van der Waals surface area contributed by atoms with Crippen LogP contribution < -0.4 is 0 Å². The molecule has 6 atom stereocenters. The first-order valence-electron chi connectivity index (χ1n) is 6.68. The maximum atomic E-state index is 13.2. The summed E-state index contributed by atoms with van der Waals surface area (Å²) in [5, 5.41) is 50.3. The van der Waals surface area contributed by atoms with Crippen molar-refractivity contribution in [1.29, 1.82) is 0 Å². The van der Waals surface area contributed by atoms with Crippen LogP contribution in [-0.2, 0) is 10.3 Å². The Balaban J connectivity index is 2.15. The Bertz CT molecular complexity index is 676. The number of nitrogens with one attached hydrogen (secondary N) is 1. The third kappa shape index (κ3) is 2.04. The van der Waals surface area contributed by atoms with Gasteiger partial charge in [-0.15, -0.1) is 0 Å². The Kier molecular flexibility index (Phi) is 3.68. The van der Waals surface area contributed by atoms with Crippen LogP contribution in [-0.4, -0.2) is 61.5 Å². The molecule has 0 spiro atoms. The fourth-order valence-corrected chi connectivity index (χ4v) is 2.89. The highest BCUT2D eigenvalue weighted by atomic mass is 19.1. The van der Waals surface area contributed by atoms with Crippen LogP contribution >= 0.6 is 0 Å². The predicted molar refractivity (Wildman–Crippen MR) is 72.2 cm³/mol. The van der Waals surface area contributed by atoms with E-state index in [4.69, 9.17) is 5.11 Å². The summed E-state index contributed by atoms with van der Waals surface area (Å²) < 4.78 is 17.8. The van der Waals surface area contributed by atoms with Crippen molar-refractivity contribution in [2.75, 3.05) is 0 Å². The SMILES string of the molecule is OC(F)[C@H]1O[C@@H](O)[C@H](O)[C@](O)(c2c[nH]c3ccccc23)[C@H]1O. The molecule has 0 saturated carbocycles. The molecule has 1 aliphatic heterocycles. The van der Waals surface area contributed by atoms with Crippen molar-refractivity contribution in [2.45, 2.75) is 36.6 Å². The Morgan fingerprint density at radius 3 is 2.55 bits per heavy atom. The van der Waals surface area contributed by atoms with Crippen LogP contribution in [0.5, 0.6) is 0 Å². The minimum Gasteiger partial charge on any atom is -0.387 e. The predicted octanol–water partition coefficient (Wildman–Crippen LogP) is -0.918. The maximum absolute atomic E-state index is 13.2. The quantitative estimate of drug-likeness (QED) is 0.426. The largest absolute Gasteiger partial charge is 0.387 e. The molecule has 7 nitrogen and oxygen atoms in total. The number of aliphatic hydroxyl groups excluding tert-OH is 4. The highest BCUT2D eigenvalue weighted by molar-refractivity contribution is 5.84. The highest BCUT2D eigenvalue weighted by Crippen LogP contribution is 2.41. The van der Waals surface area contributed by atoms with Crippen LogP contribution in [0.25, 0.3) is 10.9 Å². The minimum atomic E-state index is -2.64. The number of alkyl halides is 1. The van der Waals surface area contributed by atoms with Crippen molar-refractivity contribution in [1.82, 2.24) is 4.98 Å². The molecule has 2 aromatic rings. The molecule has 1 aliphatic rings. The molecule has 0 bridgehead atoms. The van der Waals surface area contributed by atoms with E-state index in [-0.39, 0.29) is 5.56 Å². The first-order chi connectivity index (χ1) is 10.4. The molecule has 1 aromatic carbocycles. The second kappa shape index (κ2) is 5.27. The Morgan fingerprint density at radius 1 is 1.18 bits per heavy atom. The standard InChI is InChI=1S/C14H16FNO6/c15-12(19)9-10(17)14(21,11(18)13(20)22-9)7-5-16-8-4-2-1-3-6(7)8/h1-5,9-13,16-21H/t9-,10-,11-,12?,13+,14-/m0/s1. The molecule has 0 amide bonds. The monoisotopic (exact) mass is 313 g/mol. The van der Waals surface area contributed by atoms with Gasteiger partial charge in [0.15, 0.2) is 11.9 Å². The van der Waals surface area contributed by atoms with E-state index in [2.05, 4.69) is 9.72 Å². The van der Waals surface area contributed by atoms with E-state index in [1.54, 1.807) is 24.3 Å². The molecule has 2 heterocycles. The number of H-pyrrole nitrogens is 1. The van der Waals surface area contributed by atoms with Crippen LogP contribution in [0, 0.1) is 0 Å². The van der Waals surface area contributed by atoms with Crippen molar-refractivity contribution in [3.63, 3.8) is 0 Å². The molecule has 1 fully saturated rings. The van der Waals surface area contributed by atoms with Crippen molar-refractivity contribution in [3.05, 3.63) is 36.0 Å². The molecule has 120 valence electrons. The lowest BCUT2D eigenvalue weighted by atomic mass is 9.78. The van der Waals surface area contributed by atoms with Gasteiger partial charge in [-0.05, 0) is 6.07 Å². The fraction of sp³-hybridized carbons (Fsp3) is 0.429. The lowest BCUT2D eigenvalue weighted by molar-refractivity contribution is -0.343. The van der Waals surface area contributed by atoms with E-state index in [0.717, 1.165) is 0 Å². The number of fused-ring (bicyclic) bond motifs is 1. The van der Waals surface area contributed by atoms with Gasteiger partial charge in [0, 0.05) is 22.7 Å². The van der Waals surface area contributed by atoms with Gasteiger partial charge >= 0.3 is 0 Å². The summed E-state index contributed by atoms with van der Waals surface area (Å²) in [5.74, 6) is 0. The smallest absolute Gasteiger partial charge is 0.225 e. The number of hydrogen-bond acceptors (Lipinski definition) is 6. The third-order valence-electron chi connectivity index (χ3n) is 4.07. The first kappa shape index (κ1) is 15.3. The van der Waals surface area contributed by atoms with Gasteiger partial charge in [0.1, 0.15) is 18.3 Å². The molecule has 0 radical (unpaired) electrons. The number of rotatable bonds is 2. The van der Waals surface area contributed by atoms with E-state index in [1.807, 2.05) is 0 Å². The minimum absolute atomic E-state index is 0.0658. The topological polar surface area (TPSA) is 126 Å². The van der Waals surface area contributed by atoms with E-state index in [0.29, 0.717) is 10.9 Å². The van der Waals surface area contributed by atoms with E-state index in [9.17, 15) is 24.8 Å². The molecule has 22 heavy (non-hydrogen) atoms. The molecule has 0 aliphatic carbocycles. The summed E-state index contributed by atoms with van der Waals surface area (Å²) in [6.45, 7) is 0. The van der Waals surface area contributed by atoms with Crippen LogP contribution in [0.1, 0.15) is 5.56 Å². The summed E-state index contributed by atoms with van der Waals surface area (Å²) in [6.07, 6.45) is -9.11. The van der Waals surface area contributed by atoms with Gasteiger partial charge in [0.05, 0.1) is 0 Å². The molecule has 1 saturated heterocycles. The lowest BCUT2D eigenvalue weighted by Gasteiger charge is -2.46. The average Bonchev–Trinajstić information content (AvgIpc) is 2.93. The number of hydrogen-bond donors (Lipinski definition) is 6. The summed E-state index contributed by atoms with van der Waals surface area (Å²) in [4.78, 5) is 2.85. The summed E-state index contributed by atoms with van der Waals surface area (Å²) in [6, 6.07) is 6.75. The van der Waals surface area contributed by atoms with Gasteiger partial charge in [-0.2, -0.15) is 0 Å². The number of aliphatic hydroxyl groups is 5. The summed E-state index contributed by atoms with van der Waals surface area (Å²) >= 11 is 0. The highest BCUT2D eigenvalue weighted by Gasteiger charge is 2.58. The van der Waals surface area contributed by atoms with Gasteiger partial charge in [-0.3, -0.25) is 0 Å². The number of aromatic amines is 1. The zero-order chi connectivity index (χ0) is 16.1. The van der Waals surface area contributed by atoms with Crippen LogP contribution in [0.15, 0.2) is 30.5 Å². The van der Waals surface area contributed by atoms with Gasteiger partial charge in [0.25, 0.3) is 0 Å². The molecule has 1 aromatic heterocycles. The number of ether oxygens (including phenoxy) is 1. The molecular formula is C14H16FNO6. The van der Waals surface area contributed by atoms with Crippen molar-refractivity contribution >= 4 is 10.9 Å². The Labute approximate surface area is 124 Å². The van der Waals surface area contributed by atoms with Crippen molar-refractivity contribution < 1.29 is 34.7 Å². The Hall–Kier alpha value is -1.55. The second-order valence-electron chi connectivity index (χ2n) is 5.33. The summed E-state index contributed by atoms with van der Waals surface area (Å²) in [7, 11) is 0. The van der Waals surface area contributed by atoms with Gasteiger partial charge in [-0.1, -0.05) is 18.2 Å². The van der Waals surface area contributed by atoms with Gasteiger partial charge in [-0.25, -0.2) is 4.39 Å². The first-order valence-corrected chi connectivity index (χ1v) is 6.68. The fourth-order valence-electron chi connectivity index (χ4n) is 2.89. The molecule has 6 N–H and O–H groups in total. The van der Waals surface area contributed by atoms with E-state index < -0.39 is 36.6 Å². The van der Waals surface area contributed by atoms with Crippen molar-refractivity contribution in [2.24, 2.45) is 0 Å². The Morgan fingerprint density at radius 2 is 1.86 bits per heavy atom. The number of aromatic nitrogens is 1. The lowest BCUT2D eigenvalue weighted by Crippen LogP contribution is -2.66. The average molecular weight is 313 g/mol. The van der Waals surface area contributed by atoms with Crippen molar-refractivity contribution in [3.8, 4) is 0 Å². The molecule has 1 unspecified atom stereocenters. The van der Waals surface area contributed by atoms with Crippen LogP contribution in [0.2, 0.25) is 0 Å².